The van der Waals surface area contributed by atoms with Crippen LogP contribution < -0.4 is 5.32 Å². The van der Waals surface area contributed by atoms with Crippen molar-refractivity contribution in [2.75, 3.05) is 11.1 Å². The highest BCUT2D eigenvalue weighted by atomic mass is 32.2. The lowest BCUT2D eigenvalue weighted by Gasteiger charge is -2.41. The molecular formula is C33H30N2O4S2. The summed E-state index contributed by atoms with van der Waals surface area (Å²) in [5.74, 6) is 0.658. The first-order chi connectivity index (χ1) is 20.1. The van der Waals surface area contributed by atoms with E-state index in [1.165, 1.54) is 4.70 Å². The summed E-state index contributed by atoms with van der Waals surface area (Å²) in [7, 11) is 0. The van der Waals surface area contributed by atoms with E-state index in [0.717, 1.165) is 32.3 Å². The first kappa shape index (κ1) is 27.6. The van der Waals surface area contributed by atoms with Crippen molar-refractivity contribution in [3.63, 3.8) is 0 Å². The largest absolute Gasteiger partial charge is 0.392 e. The van der Waals surface area contributed by atoms with E-state index in [1.807, 2.05) is 84.9 Å². The Labute approximate surface area is 247 Å². The zero-order valence-electron chi connectivity index (χ0n) is 22.5. The van der Waals surface area contributed by atoms with Crippen molar-refractivity contribution < 1.29 is 19.4 Å². The van der Waals surface area contributed by atoms with E-state index in [1.54, 1.807) is 35.2 Å². The molecule has 2 N–H and O–H groups in total. The van der Waals surface area contributed by atoms with Gasteiger partial charge >= 0.3 is 0 Å². The van der Waals surface area contributed by atoms with Gasteiger partial charge in [0.1, 0.15) is 0 Å². The molecule has 5 aromatic rings. The quantitative estimate of drug-likeness (QED) is 0.183. The molecule has 0 unspecified atom stereocenters. The summed E-state index contributed by atoms with van der Waals surface area (Å²) < 4.78 is 15.3. The van der Waals surface area contributed by atoms with Gasteiger partial charge in [-0.15, -0.1) is 11.3 Å². The van der Waals surface area contributed by atoms with E-state index < -0.39 is 6.29 Å². The lowest BCUT2D eigenvalue weighted by molar-refractivity contribution is -0.268. The number of nitrogens with zero attached hydrogens (tertiary/aromatic N) is 1. The number of carbonyl (C=O) groups excluding carboxylic acids is 1. The molecule has 208 valence electrons. The van der Waals surface area contributed by atoms with E-state index in [2.05, 4.69) is 18.3 Å². The fourth-order valence-corrected chi connectivity index (χ4v) is 7.15. The molecule has 4 atom stereocenters. The Morgan fingerprint density at radius 2 is 1.61 bits per heavy atom. The highest BCUT2D eigenvalue weighted by Crippen LogP contribution is 2.43. The smallest absolute Gasteiger partial charge is 0.255 e. The predicted octanol–water partition coefficient (Wildman–Crippen LogP) is 7.62. The molecule has 1 aliphatic rings. The minimum atomic E-state index is -0.575. The van der Waals surface area contributed by atoms with Gasteiger partial charge in [-0.1, -0.05) is 85.4 Å². The van der Waals surface area contributed by atoms with Crippen LogP contribution in [-0.4, -0.2) is 27.9 Å². The first-order valence-electron chi connectivity index (χ1n) is 13.5. The van der Waals surface area contributed by atoms with Crippen LogP contribution >= 0.6 is 23.1 Å². The Bertz CT molecular complexity index is 1570. The molecule has 6 rings (SSSR count). The van der Waals surface area contributed by atoms with E-state index >= 15 is 0 Å². The van der Waals surface area contributed by atoms with Gasteiger partial charge in [0, 0.05) is 28.5 Å². The number of aliphatic hydroxyl groups is 1. The number of aliphatic hydroxyl groups excluding tert-OH is 1. The van der Waals surface area contributed by atoms with Crippen LogP contribution in [0, 0.1) is 5.92 Å². The van der Waals surface area contributed by atoms with E-state index in [4.69, 9.17) is 14.5 Å². The maximum absolute atomic E-state index is 12.6. The number of para-hydroxylation sites is 1. The highest BCUT2D eigenvalue weighted by Gasteiger charge is 2.38. The standard InChI is InChI=1S/C33H30N2O4S2/c1-21-28(20-40-33-35-27-9-5-6-10-29(27)41-33)38-32(39-30(21)23-13-11-22(19-36)12-14-23)25-15-17-26(18-16-25)34-31(37)24-7-3-2-4-8-24/h2-18,21,28,30,32,36H,19-20H2,1H3,(H,34,37)/t21-,28+,30+,32+/m0/s1. The topological polar surface area (TPSA) is 80.7 Å². The second kappa shape index (κ2) is 12.5. The summed E-state index contributed by atoms with van der Waals surface area (Å²) in [6.07, 6.45) is -0.862. The number of fused-ring (bicyclic) bond motifs is 1. The minimum absolute atomic E-state index is 0.00167. The predicted molar refractivity (Wildman–Crippen MR) is 164 cm³/mol. The SMILES string of the molecule is C[C@H]1[C@@H](CSc2nc3ccccc3s2)O[C@@H](c2ccc(NC(=O)c3ccccc3)cc2)O[C@H]1c1ccc(CO)cc1. The third-order valence-electron chi connectivity index (χ3n) is 7.25. The molecule has 1 amide bonds. The molecule has 6 nitrogen and oxygen atoms in total. The summed E-state index contributed by atoms with van der Waals surface area (Å²) in [5.41, 5.74) is 5.10. The number of anilines is 1. The monoisotopic (exact) mass is 582 g/mol. The fourth-order valence-electron chi connectivity index (χ4n) is 4.89. The van der Waals surface area contributed by atoms with Crippen molar-refractivity contribution >= 4 is 44.9 Å². The number of aromatic nitrogens is 1. The lowest BCUT2D eigenvalue weighted by atomic mass is 9.91. The van der Waals surface area contributed by atoms with Gasteiger partial charge in [0.2, 0.25) is 0 Å². The Morgan fingerprint density at radius 3 is 2.34 bits per heavy atom. The Morgan fingerprint density at radius 1 is 0.902 bits per heavy atom. The number of nitrogens with one attached hydrogen (secondary N) is 1. The number of ether oxygens (including phenoxy) is 2. The number of amides is 1. The highest BCUT2D eigenvalue weighted by molar-refractivity contribution is 8.01. The van der Waals surface area contributed by atoms with Crippen LogP contribution in [0.2, 0.25) is 0 Å². The van der Waals surface area contributed by atoms with Gasteiger partial charge in [0.25, 0.3) is 5.91 Å². The molecular weight excluding hydrogens is 553 g/mol. The number of benzene rings is 4. The van der Waals surface area contributed by atoms with Gasteiger partial charge in [-0.25, -0.2) is 4.98 Å². The Kier molecular flexibility index (Phi) is 8.46. The number of rotatable bonds is 8. The lowest BCUT2D eigenvalue weighted by Crippen LogP contribution is -2.38. The minimum Gasteiger partial charge on any atom is -0.392 e. The molecule has 0 radical (unpaired) electrons. The Balaban J connectivity index is 1.21. The van der Waals surface area contributed by atoms with Crippen molar-refractivity contribution in [2.24, 2.45) is 5.92 Å². The molecule has 0 aliphatic carbocycles. The zero-order chi connectivity index (χ0) is 28.2. The van der Waals surface area contributed by atoms with Crippen molar-refractivity contribution in [3.8, 4) is 0 Å². The van der Waals surface area contributed by atoms with Crippen molar-refractivity contribution in [3.05, 3.63) is 125 Å². The molecule has 1 aliphatic heterocycles. The number of thiazole rings is 1. The molecule has 2 heterocycles. The van der Waals surface area contributed by atoms with Gasteiger partial charge in [0.15, 0.2) is 10.6 Å². The molecule has 1 aromatic heterocycles. The second-order valence-corrected chi connectivity index (χ2v) is 12.3. The number of thioether (sulfide) groups is 1. The zero-order valence-corrected chi connectivity index (χ0v) is 24.1. The fraction of sp³-hybridized carbons (Fsp3) is 0.212. The van der Waals surface area contributed by atoms with Crippen molar-refractivity contribution in [1.82, 2.24) is 4.98 Å². The van der Waals surface area contributed by atoms with Crippen molar-refractivity contribution in [2.45, 2.75) is 36.4 Å². The summed E-state index contributed by atoms with van der Waals surface area (Å²) >= 11 is 3.41. The van der Waals surface area contributed by atoms with Crippen LogP contribution in [0.25, 0.3) is 10.2 Å². The van der Waals surface area contributed by atoms with Crippen LogP contribution in [0.5, 0.6) is 0 Å². The normalized spacial score (nSPS) is 20.6. The third-order valence-corrected chi connectivity index (χ3v) is 9.51. The molecule has 1 fully saturated rings. The van der Waals surface area contributed by atoms with E-state index in [0.29, 0.717) is 11.3 Å². The van der Waals surface area contributed by atoms with Gasteiger partial charge in [-0.2, -0.15) is 0 Å². The van der Waals surface area contributed by atoms with Gasteiger partial charge in [-0.3, -0.25) is 4.79 Å². The molecule has 8 heteroatoms. The first-order valence-corrected chi connectivity index (χ1v) is 15.3. The molecule has 0 spiro atoms. The molecule has 4 aromatic carbocycles. The maximum atomic E-state index is 12.6. The van der Waals surface area contributed by atoms with Gasteiger partial charge in [-0.05, 0) is 47.5 Å². The van der Waals surface area contributed by atoms with Crippen LogP contribution in [-0.2, 0) is 16.1 Å². The summed E-state index contributed by atoms with van der Waals surface area (Å²) in [4.78, 5) is 17.4. The second-order valence-electron chi connectivity index (χ2n) is 10.0. The molecule has 1 saturated heterocycles. The summed E-state index contributed by atoms with van der Waals surface area (Å²) in [6, 6.07) is 32.9. The van der Waals surface area contributed by atoms with Crippen LogP contribution in [0.1, 0.15) is 46.4 Å². The van der Waals surface area contributed by atoms with Crippen LogP contribution in [0.4, 0.5) is 5.69 Å². The summed E-state index contributed by atoms with van der Waals surface area (Å²) in [5, 5.41) is 12.5. The average Bonchev–Trinajstić information content (AvgIpc) is 3.45. The van der Waals surface area contributed by atoms with Crippen LogP contribution in [0.15, 0.2) is 107 Å². The Hall–Kier alpha value is -3.53. The third kappa shape index (κ3) is 6.37. The molecule has 41 heavy (non-hydrogen) atoms. The van der Waals surface area contributed by atoms with Crippen molar-refractivity contribution in [1.29, 1.82) is 0 Å². The van der Waals surface area contributed by atoms with Gasteiger partial charge < -0.3 is 19.9 Å². The summed E-state index contributed by atoms with van der Waals surface area (Å²) in [6.45, 7) is 2.16. The molecule has 0 bridgehead atoms. The van der Waals surface area contributed by atoms with E-state index in [-0.39, 0.29) is 30.6 Å². The van der Waals surface area contributed by atoms with Gasteiger partial charge in [0.05, 0.1) is 29.0 Å². The molecule has 0 saturated carbocycles. The van der Waals surface area contributed by atoms with Crippen LogP contribution in [0.3, 0.4) is 0 Å². The number of hydrogen-bond acceptors (Lipinski definition) is 7. The maximum Gasteiger partial charge on any atom is 0.255 e. The number of hydrogen-bond donors (Lipinski definition) is 2. The van der Waals surface area contributed by atoms with E-state index in [9.17, 15) is 9.90 Å². The number of carbonyl (C=O) groups is 1. The average molecular weight is 583 g/mol.